The van der Waals surface area contributed by atoms with Gasteiger partial charge in [0.1, 0.15) is 0 Å². The zero-order valence-electron chi connectivity index (χ0n) is 13.1. The second-order valence-corrected chi connectivity index (χ2v) is 7.78. The molecule has 0 saturated heterocycles. The third-order valence-corrected chi connectivity index (χ3v) is 6.23. The first-order chi connectivity index (χ1) is 10.2. The van der Waals surface area contributed by atoms with Crippen molar-refractivity contribution in [3.8, 4) is 0 Å². The Morgan fingerprint density at radius 2 is 1.67 bits per heavy atom. The van der Waals surface area contributed by atoms with Crippen LogP contribution in [0.3, 0.4) is 0 Å². The minimum absolute atomic E-state index is 0.164. The maximum Gasteiger partial charge on any atom is 0.500 e. The molecular weight excluding hydrogens is 286 g/mol. The van der Waals surface area contributed by atoms with Crippen LogP contribution in [0.1, 0.15) is 23.2 Å². The number of nitrogens with one attached hydrogen (secondary N) is 1. The van der Waals surface area contributed by atoms with Crippen LogP contribution in [0, 0.1) is 0 Å². The molecule has 1 N–H and O–H groups in total. The van der Waals surface area contributed by atoms with Crippen LogP contribution in [-0.4, -0.2) is 49.0 Å². The van der Waals surface area contributed by atoms with Gasteiger partial charge in [0.15, 0.2) is 5.78 Å². The summed E-state index contributed by atoms with van der Waals surface area (Å²) in [6.07, 6.45) is 1.40. The molecule has 0 heterocycles. The Hall–Kier alpha value is -1.05. The van der Waals surface area contributed by atoms with Crippen LogP contribution in [0.25, 0.3) is 0 Å². The fraction of sp³-hybridized carbons (Fsp3) is 0.533. The number of ketones is 1. The van der Waals surface area contributed by atoms with E-state index in [-0.39, 0.29) is 5.78 Å². The van der Waals surface area contributed by atoms with Crippen molar-refractivity contribution in [1.82, 2.24) is 5.32 Å². The van der Waals surface area contributed by atoms with E-state index in [2.05, 4.69) is 5.32 Å². The predicted molar refractivity (Wildman–Crippen MR) is 84.5 cm³/mol. The van der Waals surface area contributed by atoms with E-state index in [1.807, 2.05) is 30.3 Å². The average Bonchev–Trinajstić information content (AvgIpc) is 2.55. The first-order valence-electron chi connectivity index (χ1n) is 7.12. The Bertz CT molecular complexity index is 401. The van der Waals surface area contributed by atoms with Gasteiger partial charge < -0.3 is 18.6 Å². The number of rotatable bonds is 11. The van der Waals surface area contributed by atoms with Gasteiger partial charge in [-0.3, -0.25) is 4.79 Å². The maximum atomic E-state index is 11.9. The molecule has 0 aromatic heterocycles. The van der Waals surface area contributed by atoms with E-state index in [9.17, 15) is 4.79 Å². The molecular formula is C15H25NO4Si. The Balaban J connectivity index is 2.16. The van der Waals surface area contributed by atoms with Crippen LogP contribution in [0.2, 0.25) is 6.04 Å². The topological polar surface area (TPSA) is 56.8 Å². The normalized spacial score (nSPS) is 11.6. The Kier molecular flexibility index (Phi) is 8.40. The Morgan fingerprint density at radius 3 is 2.24 bits per heavy atom. The van der Waals surface area contributed by atoms with Crippen LogP contribution in [0.15, 0.2) is 30.3 Å². The number of carbonyl (C=O) groups is 1. The zero-order chi connectivity index (χ0) is 15.6. The maximum absolute atomic E-state index is 11.9. The molecule has 0 aliphatic heterocycles. The van der Waals surface area contributed by atoms with E-state index in [4.69, 9.17) is 13.3 Å². The van der Waals surface area contributed by atoms with Crippen molar-refractivity contribution >= 4 is 14.6 Å². The summed E-state index contributed by atoms with van der Waals surface area (Å²) in [6, 6.07) is 10.1. The van der Waals surface area contributed by atoms with E-state index < -0.39 is 8.80 Å². The van der Waals surface area contributed by atoms with Crippen LogP contribution in [0.4, 0.5) is 0 Å². The summed E-state index contributed by atoms with van der Waals surface area (Å²) in [5.74, 6) is 0.164. The largest absolute Gasteiger partial charge is 0.500 e. The first-order valence-corrected chi connectivity index (χ1v) is 9.05. The lowest BCUT2D eigenvalue weighted by Crippen LogP contribution is -2.43. The standard InChI is InChI=1S/C15H25NO4Si/c1-18-21(19-2,20-3)13-7-11-16-12-10-15(17)14-8-5-4-6-9-14/h4-6,8-9,16H,7,10-13H2,1-3H3. The molecule has 0 radical (unpaired) electrons. The van der Waals surface area contributed by atoms with Crippen molar-refractivity contribution in [3.63, 3.8) is 0 Å². The molecule has 6 heteroatoms. The number of hydrogen-bond donors (Lipinski definition) is 1. The van der Waals surface area contributed by atoms with Gasteiger partial charge in [0.05, 0.1) is 0 Å². The quantitative estimate of drug-likeness (QED) is 0.385. The third-order valence-electron chi connectivity index (χ3n) is 3.39. The molecule has 0 aliphatic rings. The smallest absolute Gasteiger partial charge is 0.377 e. The van der Waals surface area contributed by atoms with E-state index in [1.54, 1.807) is 21.3 Å². The molecule has 1 rings (SSSR count). The lowest BCUT2D eigenvalue weighted by Gasteiger charge is -2.24. The molecule has 118 valence electrons. The monoisotopic (exact) mass is 311 g/mol. The average molecular weight is 311 g/mol. The minimum Gasteiger partial charge on any atom is -0.377 e. The number of carbonyl (C=O) groups excluding carboxylic acids is 1. The van der Waals surface area contributed by atoms with Gasteiger partial charge in [0.2, 0.25) is 0 Å². The minimum atomic E-state index is -2.46. The summed E-state index contributed by atoms with van der Waals surface area (Å²) < 4.78 is 16.1. The van der Waals surface area contributed by atoms with E-state index >= 15 is 0 Å². The zero-order valence-corrected chi connectivity index (χ0v) is 14.1. The lowest BCUT2D eigenvalue weighted by atomic mass is 10.1. The summed E-state index contributed by atoms with van der Waals surface area (Å²) in [6.45, 7) is 1.49. The highest BCUT2D eigenvalue weighted by atomic mass is 28.4. The second kappa shape index (κ2) is 9.81. The predicted octanol–water partition coefficient (Wildman–Crippen LogP) is 2.12. The number of Topliss-reactive ketones (excluding diaryl/α,β-unsaturated/α-hetero) is 1. The summed E-state index contributed by atoms with van der Waals surface area (Å²) in [4.78, 5) is 11.9. The van der Waals surface area contributed by atoms with Crippen molar-refractivity contribution in [1.29, 1.82) is 0 Å². The van der Waals surface area contributed by atoms with E-state index in [1.165, 1.54) is 0 Å². The van der Waals surface area contributed by atoms with Crippen molar-refractivity contribution in [2.24, 2.45) is 0 Å². The summed E-state index contributed by atoms with van der Waals surface area (Å²) in [5.41, 5.74) is 0.767. The summed E-state index contributed by atoms with van der Waals surface area (Å²) >= 11 is 0. The first kappa shape index (κ1) is 18.0. The third kappa shape index (κ3) is 6.07. The van der Waals surface area contributed by atoms with Crippen LogP contribution >= 0.6 is 0 Å². The highest BCUT2D eigenvalue weighted by molar-refractivity contribution is 6.60. The fourth-order valence-electron chi connectivity index (χ4n) is 2.08. The van der Waals surface area contributed by atoms with Gasteiger partial charge >= 0.3 is 8.80 Å². The van der Waals surface area contributed by atoms with Crippen molar-refractivity contribution in [2.75, 3.05) is 34.4 Å². The van der Waals surface area contributed by atoms with E-state index in [0.717, 1.165) is 24.6 Å². The fourth-order valence-corrected chi connectivity index (χ4v) is 3.80. The Morgan fingerprint density at radius 1 is 1.05 bits per heavy atom. The van der Waals surface area contributed by atoms with Crippen molar-refractivity contribution in [3.05, 3.63) is 35.9 Å². The molecule has 5 nitrogen and oxygen atoms in total. The second-order valence-electron chi connectivity index (χ2n) is 4.69. The summed E-state index contributed by atoms with van der Waals surface area (Å²) in [5, 5.41) is 3.27. The molecule has 0 saturated carbocycles. The highest BCUT2D eigenvalue weighted by Gasteiger charge is 2.36. The highest BCUT2D eigenvalue weighted by Crippen LogP contribution is 2.14. The molecule has 0 unspecified atom stereocenters. The molecule has 1 aromatic rings. The number of benzene rings is 1. The van der Waals surface area contributed by atoms with Crippen molar-refractivity contribution < 1.29 is 18.1 Å². The van der Waals surface area contributed by atoms with Crippen LogP contribution in [0.5, 0.6) is 0 Å². The molecule has 0 spiro atoms. The van der Waals surface area contributed by atoms with Gasteiger partial charge in [-0.25, -0.2) is 0 Å². The van der Waals surface area contributed by atoms with Gasteiger partial charge in [-0.15, -0.1) is 0 Å². The molecule has 0 aliphatic carbocycles. The Labute approximate surface area is 128 Å². The SMILES string of the molecule is CO[Si](CCCNCCC(=O)c1ccccc1)(OC)OC. The van der Waals surface area contributed by atoms with E-state index in [0.29, 0.717) is 13.0 Å². The van der Waals surface area contributed by atoms with Gasteiger partial charge in [-0.2, -0.15) is 0 Å². The molecule has 0 atom stereocenters. The summed E-state index contributed by atoms with van der Waals surface area (Å²) in [7, 11) is 2.39. The van der Waals surface area contributed by atoms with Crippen LogP contribution < -0.4 is 5.32 Å². The van der Waals surface area contributed by atoms with Gasteiger partial charge in [0.25, 0.3) is 0 Å². The van der Waals surface area contributed by atoms with Gasteiger partial charge in [0, 0.05) is 45.9 Å². The molecule has 0 amide bonds. The molecule has 21 heavy (non-hydrogen) atoms. The molecule has 1 aromatic carbocycles. The van der Waals surface area contributed by atoms with Crippen molar-refractivity contribution in [2.45, 2.75) is 18.9 Å². The van der Waals surface area contributed by atoms with Gasteiger partial charge in [-0.05, 0) is 13.0 Å². The molecule has 0 fully saturated rings. The number of hydrogen-bond acceptors (Lipinski definition) is 5. The van der Waals surface area contributed by atoms with Gasteiger partial charge in [-0.1, -0.05) is 30.3 Å². The lowest BCUT2D eigenvalue weighted by molar-refractivity contribution is 0.0982. The van der Waals surface area contributed by atoms with Crippen LogP contribution in [-0.2, 0) is 13.3 Å². The molecule has 0 bridgehead atoms.